The Kier molecular flexibility index (Phi) is 4.05. The summed E-state index contributed by atoms with van der Waals surface area (Å²) in [5.41, 5.74) is 2.76. The minimum Gasteiger partial charge on any atom is -0.287 e. The van der Waals surface area contributed by atoms with Crippen LogP contribution < -0.4 is 4.57 Å². The largest absolute Gasteiger partial charge is 0.287 e. The van der Waals surface area contributed by atoms with Gasteiger partial charge in [0, 0.05) is 24.1 Å². The van der Waals surface area contributed by atoms with Crippen LogP contribution in [0.5, 0.6) is 0 Å². The van der Waals surface area contributed by atoms with Gasteiger partial charge < -0.3 is 0 Å². The zero-order chi connectivity index (χ0) is 13.8. The second-order valence-electron chi connectivity index (χ2n) is 4.59. The van der Waals surface area contributed by atoms with Crippen LogP contribution in [-0.2, 0) is 13.0 Å². The van der Waals surface area contributed by atoms with Crippen molar-refractivity contribution in [2.24, 2.45) is 0 Å². The van der Waals surface area contributed by atoms with Crippen LogP contribution in [-0.4, -0.2) is 5.78 Å². The van der Waals surface area contributed by atoms with Crippen molar-refractivity contribution in [2.75, 3.05) is 0 Å². The van der Waals surface area contributed by atoms with E-state index in [1.807, 2.05) is 23.8 Å². The fourth-order valence-electron chi connectivity index (χ4n) is 1.93. The highest BCUT2D eigenvalue weighted by molar-refractivity contribution is 5.94. The van der Waals surface area contributed by atoms with Crippen LogP contribution in [0.4, 0.5) is 4.39 Å². The summed E-state index contributed by atoms with van der Waals surface area (Å²) >= 11 is 0. The van der Waals surface area contributed by atoms with E-state index in [4.69, 9.17) is 0 Å². The number of hydrogen-bond acceptors (Lipinski definition) is 1. The lowest BCUT2D eigenvalue weighted by Gasteiger charge is -2.03. The maximum atomic E-state index is 12.8. The number of carbonyl (C=O) groups excluding carboxylic acids is 1. The second kappa shape index (κ2) is 5.74. The minimum atomic E-state index is -0.326. The number of halogens is 1. The van der Waals surface area contributed by atoms with Crippen LogP contribution in [0.15, 0.2) is 42.6 Å². The van der Waals surface area contributed by atoms with Gasteiger partial charge in [-0.1, -0.05) is 6.92 Å². The molecule has 19 heavy (non-hydrogen) atoms. The first-order valence-electron chi connectivity index (χ1n) is 6.38. The Hall–Kier alpha value is -2.03. The molecule has 0 amide bonds. The summed E-state index contributed by atoms with van der Waals surface area (Å²) in [6.45, 7) is 4.33. The monoisotopic (exact) mass is 258 g/mol. The van der Waals surface area contributed by atoms with E-state index in [9.17, 15) is 9.18 Å². The van der Waals surface area contributed by atoms with E-state index >= 15 is 0 Å². The molecule has 0 unspecified atom stereocenters. The van der Waals surface area contributed by atoms with Crippen LogP contribution in [0.3, 0.4) is 0 Å². The van der Waals surface area contributed by atoms with Gasteiger partial charge >= 0.3 is 0 Å². The Morgan fingerprint density at radius 1 is 1.16 bits per heavy atom. The highest BCUT2D eigenvalue weighted by Gasteiger charge is 2.15. The van der Waals surface area contributed by atoms with Crippen molar-refractivity contribution >= 4 is 5.78 Å². The van der Waals surface area contributed by atoms with Crippen molar-refractivity contribution in [3.8, 4) is 0 Å². The fourth-order valence-corrected chi connectivity index (χ4v) is 1.93. The molecule has 0 spiro atoms. The molecular weight excluding hydrogens is 241 g/mol. The summed E-state index contributed by atoms with van der Waals surface area (Å²) in [5.74, 6) is -0.338. The zero-order valence-corrected chi connectivity index (χ0v) is 11.2. The number of aromatic nitrogens is 1. The van der Waals surface area contributed by atoms with Crippen LogP contribution >= 0.6 is 0 Å². The van der Waals surface area contributed by atoms with Gasteiger partial charge in [-0.3, -0.25) is 4.79 Å². The molecule has 0 atom stereocenters. The van der Waals surface area contributed by atoms with Crippen molar-refractivity contribution in [1.29, 1.82) is 0 Å². The van der Waals surface area contributed by atoms with Crippen molar-refractivity contribution in [2.45, 2.75) is 26.8 Å². The van der Waals surface area contributed by atoms with E-state index in [-0.39, 0.29) is 18.1 Å². The van der Waals surface area contributed by atoms with Crippen molar-refractivity contribution in [3.05, 3.63) is 65.2 Å². The van der Waals surface area contributed by atoms with Crippen molar-refractivity contribution < 1.29 is 13.8 Å². The molecule has 2 rings (SSSR count). The van der Waals surface area contributed by atoms with E-state index in [2.05, 4.69) is 13.0 Å². The number of aryl methyl sites for hydroxylation is 2. The van der Waals surface area contributed by atoms with Gasteiger partial charge in [0.15, 0.2) is 11.9 Å². The molecule has 2 aromatic rings. The molecule has 0 fully saturated rings. The van der Waals surface area contributed by atoms with Gasteiger partial charge in [0.2, 0.25) is 12.3 Å². The zero-order valence-electron chi connectivity index (χ0n) is 11.2. The first kappa shape index (κ1) is 13.4. The Bertz CT molecular complexity index is 590. The van der Waals surface area contributed by atoms with E-state index in [1.165, 1.54) is 29.8 Å². The Balaban J connectivity index is 2.21. The predicted octanol–water partition coefficient (Wildman–Crippen LogP) is 2.87. The van der Waals surface area contributed by atoms with E-state index in [0.717, 1.165) is 12.1 Å². The van der Waals surface area contributed by atoms with E-state index in [0.29, 0.717) is 5.56 Å². The molecule has 0 aliphatic heterocycles. The third-order valence-electron chi connectivity index (χ3n) is 3.20. The van der Waals surface area contributed by atoms with E-state index < -0.39 is 0 Å². The molecule has 3 heteroatoms. The van der Waals surface area contributed by atoms with Gasteiger partial charge in [0.25, 0.3) is 0 Å². The second-order valence-corrected chi connectivity index (χ2v) is 4.59. The lowest BCUT2D eigenvalue weighted by atomic mass is 10.1. The molecule has 1 heterocycles. The maximum Gasteiger partial charge on any atom is 0.227 e. The number of carbonyl (C=O) groups is 1. The summed E-state index contributed by atoms with van der Waals surface area (Å²) in [5, 5.41) is 0. The highest BCUT2D eigenvalue weighted by atomic mass is 19.1. The summed E-state index contributed by atoms with van der Waals surface area (Å²) in [6.07, 6.45) is 2.93. The summed E-state index contributed by atoms with van der Waals surface area (Å²) < 4.78 is 14.8. The van der Waals surface area contributed by atoms with E-state index in [1.54, 1.807) is 0 Å². The number of nitrogens with zero attached hydrogens (tertiary/aromatic N) is 1. The topological polar surface area (TPSA) is 20.9 Å². The number of hydrogen-bond donors (Lipinski definition) is 0. The van der Waals surface area contributed by atoms with Gasteiger partial charge in [-0.2, -0.15) is 4.57 Å². The average Bonchev–Trinajstić information content (AvgIpc) is 2.42. The quantitative estimate of drug-likeness (QED) is 0.610. The molecule has 1 aromatic heterocycles. The summed E-state index contributed by atoms with van der Waals surface area (Å²) in [4.78, 5) is 12.1. The van der Waals surface area contributed by atoms with Gasteiger partial charge in [-0.25, -0.2) is 4.39 Å². The Morgan fingerprint density at radius 2 is 1.84 bits per heavy atom. The molecule has 0 N–H and O–H groups in total. The fraction of sp³-hybridized carbons (Fsp3) is 0.250. The average molecular weight is 258 g/mol. The van der Waals surface area contributed by atoms with Crippen LogP contribution in [0.1, 0.15) is 28.5 Å². The standard InChI is InChI=1S/C16H17FNO/c1-3-13-5-4-12(2)18(10-13)11-16(19)14-6-8-15(17)9-7-14/h4-10H,3,11H2,1-2H3/q+1. The third-order valence-corrected chi connectivity index (χ3v) is 3.20. The first-order valence-corrected chi connectivity index (χ1v) is 6.38. The molecule has 1 aromatic carbocycles. The molecule has 0 saturated carbocycles. The molecule has 0 radical (unpaired) electrons. The van der Waals surface area contributed by atoms with Gasteiger partial charge in [-0.15, -0.1) is 0 Å². The van der Waals surface area contributed by atoms with Crippen LogP contribution in [0, 0.1) is 12.7 Å². The number of benzene rings is 1. The van der Waals surface area contributed by atoms with Crippen molar-refractivity contribution in [3.63, 3.8) is 0 Å². The first-order chi connectivity index (χ1) is 9.10. The Labute approximate surface area is 112 Å². The number of pyridine rings is 1. The predicted molar refractivity (Wildman–Crippen MR) is 71.5 cm³/mol. The molecule has 0 bridgehead atoms. The molecular formula is C16H17FNO+. The highest BCUT2D eigenvalue weighted by Crippen LogP contribution is 2.05. The third kappa shape index (κ3) is 3.25. The lowest BCUT2D eigenvalue weighted by molar-refractivity contribution is -0.689. The number of Topliss-reactive ketones (excluding diaryl/α,β-unsaturated/α-hetero) is 1. The Morgan fingerprint density at radius 3 is 2.47 bits per heavy atom. The van der Waals surface area contributed by atoms with Crippen molar-refractivity contribution in [1.82, 2.24) is 0 Å². The number of ketones is 1. The molecule has 0 saturated heterocycles. The molecule has 2 nitrogen and oxygen atoms in total. The van der Waals surface area contributed by atoms with Gasteiger partial charge in [0.1, 0.15) is 5.82 Å². The summed E-state index contributed by atoms with van der Waals surface area (Å²) in [7, 11) is 0. The number of rotatable bonds is 4. The maximum absolute atomic E-state index is 12.8. The molecule has 98 valence electrons. The van der Waals surface area contributed by atoms with Crippen LogP contribution in [0.25, 0.3) is 0 Å². The SMILES string of the molecule is CCc1ccc(C)[n+](CC(=O)c2ccc(F)cc2)c1. The molecule has 0 aliphatic rings. The smallest absolute Gasteiger partial charge is 0.227 e. The molecule has 0 aliphatic carbocycles. The van der Waals surface area contributed by atoms with Gasteiger partial charge in [0.05, 0.1) is 0 Å². The minimum absolute atomic E-state index is 0.0126. The van der Waals surface area contributed by atoms with Crippen LogP contribution in [0.2, 0.25) is 0 Å². The van der Waals surface area contributed by atoms with Gasteiger partial charge in [-0.05, 0) is 36.8 Å². The summed E-state index contributed by atoms with van der Waals surface area (Å²) in [6, 6.07) is 9.75. The normalized spacial score (nSPS) is 10.5. The lowest BCUT2D eigenvalue weighted by Crippen LogP contribution is -2.41.